The van der Waals surface area contributed by atoms with Crippen LogP contribution in [0.4, 0.5) is 5.69 Å². The Bertz CT molecular complexity index is 389. The van der Waals surface area contributed by atoms with Gasteiger partial charge in [-0.05, 0) is 55.7 Å². The highest BCUT2D eigenvalue weighted by Gasteiger charge is 2.25. The maximum atomic E-state index is 6.08. The fraction of sp³-hybridized carbons (Fsp3) is 0.600. The van der Waals surface area contributed by atoms with Gasteiger partial charge in [-0.15, -0.1) is 11.8 Å². The van der Waals surface area contributed by atoms with Gasteiger partial charge in [-0.3, -0.25) is 0 Å². The van der Waals surface area contributed by atoms with E-state index in [0.29, 0.717) is 0 Å². The Kier molecular flexibility index (Phi) is 4.03. The zero-order valence-corrected chi connectivity index (χ0v) is 11.9. The van der Waals surface area contributed by atoms with Crippen LogP contribution in [-0.4, -0.2) is 5.25 Å². The molecule has 0 aliphatic heterocycles. The number of hydrogen-bond acceptors (Lipinski definition) is 2. The van der Waals surface area contributed by atoms with Crippen molar-refractivity contribution in [3.8, 4) is 0 Å². The number of thioether (sulfide) groups is 1. The number of rotatable bonds is 2. The summed E-state index contributed by atoms with van der Waals surface area (Å²) in [4.78, 5) is 1.27. The molecule has 1 fully saturated rings. The fourth-order valence-corrected chi connectivity index (χ4v) is 3.91. The van der Waals surface area contributed by atoms with Crippen LogP contribution in [-0.2, 0) is 0 Å². The van der Waals surface area contributed by atoms with E-state index in [0.717, 1.165) is 22.8 Å². The van der Waals surface area contributed by atoms with Crippen LogP contribution in [0.1, 0.15) is 38.7 Å². The van der Waals surface area contributed by atoms with E-state index in [2.05, 4.69) is 39.0 Å². The first kappa shape index (κ1) is 12.8. The molecule has 2 N–H and O–H groups in total. The molecule has 0 spiro atoms. The summed E-state index contributed by atoms with van der Waals surface area (Å²) in [6.07, 6.45) is 4.03. The lowest BCUT2D eigenvalue weighted by atomic mass is 9.81. The molecule has 3 unspecified atom stereocenters. The standard InChI is InChI=1S/C15H23NS/c1-10-4-7-15(14(16)8-10)17-13-6-5-11(2)12(3)9-13/h4,7-8,11-13H,5-6,9,16H2,1-3H3. The second kappa shape index (κ2) is 5.34. The van der Waals surface area contributed by atoms with Crippen LogP contribution in [0.5, 0.6) is 0 Å². The van der Waals surface area contributed by atoms with Gasteiger partial charge in [0.15, 0.2) is 0 Å². The minimum atomic E-state index is 0.756. The number of nitrogens with two attached hydrogens (primary N) is 1. The van der Waals surface area contributed by atoms with Gasteiger partial charge in [0.2, 0.25) is 0 Å². The topological polar surface area (TPSA) is 26.0 Å². The summed E-state index contributed by atoms with van der Waals surface area (Å²) >= 11 is 1.98. The zero-order chi connectivity index (χ0) is 12.4. The molecule has 0 saturated heterocycles. The van der Waals surface area contributed by atoms with Crippen LogP contribution in [0.2, 0.25) is 0 Å². The molecular formula is C15H23NS. The van der Waals surface area contributed by atoms with Crippen molar-refractivity contribution < 1.29 is 0 Å². The third-order valence-electron chi connectivity index (χ3n) is 4.01. The molecule has 2 rings (SSSR count). The quantitative estimate of drug-likeness (QED) is 0.781. The zero-order valence-electron chi connectivity index (χ0n) is 11.1. The van der Waals surface area contributed by atoms with E-state index < -0.39 is 0 Å². The van der Waals surface area contributed by atoms with Crippen LogP contribution in [0.3, 0.4) is 0 Å². The summed E-state index contributed by atoms with van der Waals surface area (Å²) in [6.45, 7) is 6.86. The van der Waals surface area contributed by atoms with Crippen LogP contribution in [0.25, 0.3) is 0 Å². The normalized spacial score (nSPS) is 29.2. The molecule has 2 heteroatoms. The summed E-state index contributed by atoms with van der Waals surface area (Å²) in [5.74, 6) is 1.75. The molecule has 94 valence electrons. The largest absolute Gasteiger partial charge is 0.398 e. The molecule has 0 radical (unpaired) electrons. The van der Waals surface area contributed by atoms with Crippen LogP contribution >= 0.6 is 11.8 Å². The van der Waals surface area contributed by atoms with E-state index in [9.17, 15) is 0 Å². The Labute approximate surface area is 109 Å². The fourth-order valence-electron chi connectivity index (χ4n) is 2.56. The van der Waals surface area contributed by atoms with Crippen molar-refractivity contribution in [3.63, 3.8) is 0 Å². The van der Waals surface area contributed by atoms with Crippen molar-refractivity contribution in [1.82, 2.24) is 0 Å². The van der Waals surface area contributed by atoms with Gasteiger partial charge in [0.25, 0.3) is 0 Å². The van der Waals surface area contributed by atoms with E-state index in [1.807, 2.05) is 11.8 Å². The molecule has 1 aromatic carbocycles. The molecular weight excluding hydrogens is 226 g/mol. The average molecular weight is 249 g/mol. The third-order valence-corrected chi connectivity index (χ3v) is 5.40. The maximum Gasteiger partial charge on any atom is 0.0454 e. The second-order valence-corrected chi connectivity index (χ2v) is 6.89. The number of anilines is 1. The van der Waals surface area contributed by atoms with Crippen LogP contribution in [0, 0.1) is 18.8 Å². The SMILES string of the molecule is Cc1ccc(SC2CCC(C)C(C)C2)c(N)c1. The lowest BCUT2D eigenvalue weighted by Gasteiger charge is -2.31. The predicted molar refractivity (Wildman–Crippen MR) is 77.4 cm³/mol. The van der Waals surface area contributed by atoms with Crippen molar-refractivity contribution in [2.75, 3.05) is 5.73 Å². The Morgan fingerprint density at radius 3 is 2.59 bits per heavy atom. The summed E-state index contributed by atoms with van der Waals surface area (Å²) < 4.78 is 0. The highest BCUT2D eigenvalue weighted by Crippen LogP contribution is 2.40. The number of benzene rings is 1. The molecule has 1 aliphatic rings. The Hall–Kier alpha value is -0.630. The van der Waals surface area contributed by atoms with Crippen molar-refractivity contribution in [2.24, 2.45) is 11.8 Å². The van der Waals surface area contributed by atoms with Crippen molar-refractivity contribution in [2.45, 2.75) is 50.2 Å². The summed E-state index contributed by atoms with van der Waals surface area (Å²) in [7, 11) is 0. The van der Waals surface area contributed by atoms with E-state index in [4.69, 9.17) is 5.73 Å². The first-order chi connectivity index (χ1) is 8.06. The molecule has 1 aliphatic carbocycles. The Balaban J connectivity index is 2.01. The van der Waals surface area contributed by atoms with Crippen molar-refractivity contribution in [1.29, 1.82) is 0 Å². The maximum absolute atomic E-state index is 6.08. The summed E-state index contributed by atoms with van der Waals surface area (Å²) in [6, 6.07) is 6.42. The Morgan fingerprint density at radius 1 is 1.18 bits per heavy atom. The number of nitrogen functional groups attached to an aromatic ring is 1. The van der Waals surface area contributed by atoms with E-state index >= 15 is 0 Å². The summed E-state index contributed by atoms with van der Waals surface area (Å²) in [5, 5.41) is 0.756. The van der Waals surface area contributed by atoms with E-state index in [-0.39, 0.29) is 0 Å². The van der Waals surface area contributed by atoms with Crippen molar-refractivity contribution >= 4 is 17.4 Å². The highest BCUT2D eigenvalue weighted by atomic mass is 32.2. The molecule has 17 heavy (non-hydrogen) atoms. The predicted octanol–water partition coefficient (Wildman–Crippen LogP) is 4.49. The van der Waals surface area contributed by atoms with E-state index in [1.54, 1.807) is 0 Å². The Morgan fingerprint density at radius 2 is 1.94 bits per heavy atom. The molecule has 1 nitrogen and oxygen atoms in total. The molecule has 1 aromatic rings. The van der Waals surface area contributed by atoms with Crippen molar-refractivity contribution in [3.05, 3.63) is 23.8 Å². The smallest absolute Gasteiger partial charge is 0.0454 e. The van der Waals surface area contributed by atoms with Gasteiger partial charge in [0.1, 0.15) is 0 Å². The van der Waals surface area contributed by atoms with Crippen LogP contribution in [0.15, 0.2) is 23.1 Å². The first-order valence-corrected chi connectivity index (χ1v) is 7.47. The number of aryl methyl sites for hydroxylation is 1. The summed E-state index contributed by atoms with van der Waals surface area (Å²) in [5.41, 5.74) is 8.27. The van der Waals surface area contributed by atoms with Gasteiger partial charge < -0.3 is 5.73 Å². The molecule has 0 aromatic heterocycles. The minimum absolute atomic E-state index is 0.756. The highest BCUT2D eigenvalue weighted by molar-refractivity contribution is 8.00. The molecule has 0 heterocycles. The molecule has 0 bridgehead atoms. The third kappa shape index (κ3) is 3.19. The van der Waals surface area contributed by atoms with Gasteiger partial charge >= 0.3 is 0 Å². The lowest BCUT2D eigenvalue weighted by Crippen LogP contribution is -2.22. The van der Waals surface area contributed by atoms with Gasteiger partial charge in [-0.2, -0.15) is 0 Å². The van der Waals surface area contributed by atoms with Crippen LogP contribution < -0.4 is 5.73 Å². The first-order valence-electron chi connectivity index (χ1n) is 6.59. The monoisotopic (exact) mass is 249 g/mol. The van der Waals surface area contributed by atoms with Gasteiger partial charge in [-0.1, -0.05) is 19.9 Å². The van der Waals surface area contributed by atoms with Gasteiger partial charge in [0.05, 0.1) is 0 Å². The number of hydrogen-bond donors (Lipinski definition) is 1. The van der Waals surface area contributed by atoms with Gasteiger partial charge in [0, 0.05) is 15.8 Å². The lowest BCUT2D eigenvalue weighted by molar-refractivity contribution is 0.283. The molecule has 0 amide bonds. The minimum Gasteiger partial charge on any atom is -0.398 e. The average Bonchev–Trinajstić information content (AvgIpc) is 2.27. The van der Waals surface area contributed by atoms with Gasteiger partial charge in [-0.25, -0.2) is 0 Å². The van der Waals surface area contributed by atoms with E-state index in [1.165, 1.54) is 29.7 Å². The second-order valence-electron chi connectivity index (χ2n) is 5.55. The molecule has 1 saturated carbocycles. The molecule has 3 atom stereocenters.